The molecule has 0 bridgehead atoms. The average Bonchev–Trinajstić information content (AvgIpc) is 3.30. The fraction of sp³-hybridized carbons (Fsp3) is 0.588. The van der Waals surface area contributed by atoms with Gasteiger partial charge in [-0.15, -0.1) is 0 Å². The van der Waals surface area contributed by atoms with Crippen molar-refractivity contribution < 1.29 is 9.90 Å². The molecule has 2 nitrogen and oxygen atoms in total. The molecule has 0 spiro atoms. The van der Waals surface area contributed by atoms with Crippen LogP contribution in [-0.2, 0) is 0 Å². The lowest BCUT2D eigenvalue weighted by atomic mass is 9.86. The summed E-state index contributed by atoms with van der Waals surface area (Å²) in [6.07, 6.45) is 5.91. The smallest absolute Gasteiger partial charge is 0.150 e. The van der Waals surface area contributed by atoms with Crippen molar-refractivity contribution >= 4 is 6.29 Å². The maximum Gasteiger partial charge on any atom is 0.150 e. The number of carbonyl (C=O) groups excluding carboxylic acids is 1. The lowest BCUT2D eigenvalue weighted by Crippen LogP contribution is -2.04. The number of hydrogen-bond acceptors (Lipinski definition) is 2. The van der Waals surface area contributed by atoms with Crippen LogP contribution in [-0.4, -0.2) is 11.4 Å². The molecule has 0 saturated heterocycles. The highest BCUT2D eigenvalue weighted by molar-refractivity contribution is 5.77. The summed E-state index contributed by atoms with van der Waals surface area (Å²) in [6.45, 7) is 4.35. The summed E-state index contributed by atoms with van der Waals surface area (Å²) in [5.74, 6) is 2.56. The van der Waals surface area contributed by atoms with Gasteiger partial charge in [-0.05, 0) is 72.6 Å². The first-order valence-corrected chi connectivity index (χ1v) is 7.43. The predicted molar refractivity (Wildman–Crippen MR) is 75.8 cm³/mol. The molecule has 3 rings (SSSR count). The molecule has 0 aliphatic heterocycles. The fourth-order valence-electron chi connectivity index (χ4n) is 3.17. The minimum Gasteiger partial charge on any atom is -0.507 e. The number of phenolic OH excluding ortho intramolecular Hbond substituents is 1. The molecule has 19 heavy (non-hydrogen) atoms. The second kappa shape index (κ2) is 4.66. The summed E-state index contributed by atoms with van der Waals surface area (Å²) in [7, 11) is 0. The number of hydrogen-bond donors (Lipinski definition) is 1. The van der Waals surface area contributed by atoms with Gasteiger partial charge in [0.15, 0.2) is 0 Å². The van der Waals surface area contributed by atoms with Gasteiger partial charge in [0, 0.05) is 5.56 Å². The van der Waals surface area contributed by atoms with Crippen LogP contribution in [0.15, 0.2) is 12.1 Å². The number of phenols is 1. The maximum absolute atomic E-state index is 11.2. The normalized spacial score (nSPS) is 22.0. The fourth-order valence-corrected chi connectivity index (χ4v) is 3.17. The Kier molecular flexibility index (Phi) is 3.12. The van der Waals surface area contributed by atoms with E-state index in [1.807, 2.05) is 12.1 Å². The van der Waals surface area contributed by atoms with Crippen LogP contribution in [0.3, 0.4) is 0 Å². The third kappa shape index (κ3) is 2.41. The van der Waals surface area contributed by atoms with Gasteiger partial charge in [0.2, 0.25) is 0 Å². The van der Waals surface area contributed by atoms with E-state index in [0.29, 0.717) is 35.0 Å². The molecule has 2 aliphatic carbocycles. The van der Waals surface area contributed by atoms with E-state index >= 15 is 0 Å². The summed E-state index contributed by atoms with van der Waals surface area (Å²) in [6, 6.07) is 3.77. The Morgan fingerprint density at radius 3 is 1.79 bits per heavy atom. The highest BCUT2D eigenvalue weighted by atomic mass is 16.3. The van der Waals surface area contributed by atoms with Crippen LogP contribution in [0.4, 0.5) is 0 Å². The number of aromatic hydroxyl groups is 1. The third-order valence-corrected chi connectivity index (χ3v) is 4.97. The number of rotatable bonds is 5. The molecule has 2 aliphatic rings. The molecule has 0 unspecified atom stereocenters. The molecule has 0 radical (unpaired) electrons. The van der Waals surface area contributed by atoms with Crippen molar-refractivity contribution in [3.63, 3.8) is 0 Å². The summed E-state index contributed by atoms with van der Waals surface area (Å²) in [5.41, 5.74) is 2.67. The second-order valence-electron chi connectivity index (χ2n) is 6.42. The molecule has 0 heterocycles. The zero-order valence-electron chi connectivity index (χ0n) is 11.7. The van der Waals surface area contributed by atoms with Crippen LogP contribution in [0, 0.1) is 11.8 Å². The number of benzene rings is 1. The van der Waals surface area contributed by atoms with E-state index in [0.717, 1.165) is 17.4 Å². The molecule has 1 aromatic rings. The van der Waals surface area contributed by atoms with Gasteiger partial charge < -0.3 is 5.11 Å². The first kappa shape index (κ1) is 12.7. The monoisotopic (exact) mass is 258 g/mol. The van der Waals surface area contributed by atoms with Gasteiger partial charge in [-0.1, -0.05) is 13.8 Å². The zero-order chi connectivity index (χ0) is 13.6. The van der Waals surface area contributed by atoms with Crippen molar-refractivity contribution in [2.75, 3.05) is 0 Å². The van der Waals surface area contributed by atoms with E-state index in [1.165, 1.54) is 25.7 Å². The largest absolute Gasteiger partial charge is 0.507 e. The average molecular weight is 258 g/mol. The van der Waals surface area contributed by atoms with Crippen molar-refractivity contribution in [2.45, 2.75) is 51.4 Å². The third-order valence-electron chi connectivity index (χ3n) is 4.97. The van der Waals surface area contributed by atoms with Gasteiger partial charge in [-0.3, -0.25) is 4.79 Å². The summed E-state index contributed by atoms with van der Waals surface area (Å²) in [5, 5.41) is 10.6. The van der Waals surface area contributed by atoms with Crippen LogP contribution in [0.25, 0.3) is 0 Å². The summed E-state index contributed by atoms with van der Waals surface area (Å²) < 4.78 is 0. The van der Waals surface area contributed by atoms with E-state index in [9.17, 15) is 9.90 Å². The highest BCUT2D eigenvalue weighted by Crippen LogP contribution is 2.49. The highest BCUT2D eigenvalue weighted by Gasteiger charge is 2.34. The van der Waals surface area contributed by atoms with Crippen LogP contribution in [0.5, 0.6) is 5.75 Å². The Bertz CT molecular complexity index is 459. The zero-order valence-corrected chi connectivity index (χ0v) is 11.7. The van der Waals surface area contributed by atoms with Gasteiger partial charge in [-0.25, -0.2) is 0 Å². The van der Waals surface area contributed by atoms with E-state index < -0.39 is 0 Å². The Labute approximate surface area is 114 Å². The Morgan fingerprint density at radius 2 is 1.47 bits per heavy atom. The van der Waals surface area contributed by atoms with Crippen LogP contribution in [0.2, 0.25) is 0 Å². The maximum atomic E-state index is 11.2. The van der Waals surface area contributed by atoms with Gasteiger partial charge >= 0.3 is 0 Å². The standard InChI is InChI=1S/C17H22O2/c1-10(13-3-4-13)15-7-12(9-18)8-16(17(15)19)11(2)14-5-6-14/h7-11,13-14,19H,3-6H2,1-2H3/t10-,11-/m1/s1. The van der Waals surface area contributed by atoms with Crippen molar-refractivity contribution in [3.8, 4) is 5.75 Å². The van der Waals surface area contributed by atoms with Crippen molar-refractivity contribution in [1.82, 2.24) is 0 Å². The van der Waals surface area contributed by atoms with Gasteiger partial charge in [-0.2, -0.15) is 0 Å². The second-order valence-corrected chi connectivity index (χ2v) is 6.42. The van der Waals surface area contributed by atoms with E-state index in [4.69, 9.17) is 0 Å². The molecule has 2 saturated carbocycles. The van der Waals surface area contributed by atoms with E-state index in [2.05, 4.69) is 13.8 Å². The van der Waals surface area contributed by atoms with Gasteiger partial charge in [0.25, 0.3) is 0 Å². The number of carbonyl (C=O) groups is 1. The molecule has 1 aromatic carbocycles. The molecule has 1 N–H and O–H groups in total. The Hall–Kier alpha value is -1.31. The van der Waals surface area contributed by atoms with Gasteiger partial charge in [0.05, 0.1) is 0 Å². The molecular formula is C17H22O2. The Balaban J connectivity index is 2.01. The van der Waals surface area contributed by atoms with Crippen molar-refractivity contribution in [2.24, 2.45) is 11.8 Å². The summed E-state index contributed by atoms with van der Waals surface area (Å²) in [4.78, 5) is 11.2. The van der Waals surface area contributed by atoms with Gasteiger partial charge in [0.1, 0.15) is 12.0 Å². The van der Waals surface area contributed by atoms with E-state index in [1.54, 1.807) is 0 Å². The minimum absolute atomic E-state index is 0.366. The van der Waals surface area contributed by atoms with Crippen molar-refractivity contribution in [3.05, 3.63) is 28.8 Å². The molecule has 0 aromatic heterocycles. The van der Waals surface area contributed by atoms with Crippen LogP contribution >= 0.6 is 0 Å². The molecular weight excluding hydrogens is 236 g/mol. The topological polar surface area (TPSA) is 37.3 Å². The lowest BCUT2D eigenvalue weighted by molar-refractivity contribution is 0.112. The predicted octanol–water partition coefficient (Wildman–Crippen LogP) is 4.23. The van der Waals surface area contributed by atoms with Crippen LogP contribution < -0.4 is 0 Å². The molecule has 102 valence electrons. The first-order valence-electron chi connectivity index (χ1n) is 7.43. The van der Waals surface area contributed by atoms with Crippen LogP contribution in [0.1, 0.15) is 72.9 Å². The minimum atomic E-state index is 0.366. The SMILES string of the molecule is C[C@@H](c1cc(C=O)cc([C@H](C)C2CC2)c1O)C1CC1. The summed E-state index contributed by atoms with van der Waals surface area (Å²) >= 11 is 0. The molecule has 2 fully saturated rings. The Morgan fingerprint density at radius 1 is 1.05 bits per heavy atom. The quantitative estimate of drug-likeness (QED) is 0.802. The van der Waals surface area contributed by atoms with Crippen molar-refractivity contribution in [1.29, 1.82) is 0 Å². The lowest BCUT2D eigenvalue weighted by Gasteiger charge is -2.20. The molecule has 2 atom stereocenters. The first-order chi connectivity index (χ1) is 9.11. The molecule has 0 amide bonds. The molecule has 2 heteroatoms. The number of aldehydes is 1. The van der Waals surface area contributed by atoms with E-state index in [-0.39, 0.29) is 0 Å².